The number of hydrogen-bond donors (Lipinski definition) is 1. The predicted octanol–water partition coefficient (Wildman–Crippen LogP) is 3.93. The van der Waals surface area contributed by atoms with Crippen LogP contribution in [0.25, 0.3) is 11.3 Å². The largest absolute Gasteiger partial charge is 0.493 e. The van der Waals surface area contributed by atoms with E-state index in [-0.39, 0.29) is 0 Å². The van der Waals surface area contributed by atoms with E-state index >= 15 is 0 Å². The molecule has 0 unspecified atom stereocenters. The van der Waals surface area contributed by atoms with Crippen LogP contribution in [0.5, 0.6) is 5.88 Å². The van der Waals surface area contributed by atoms with Crippen molar-refractivity contribution in [1.29, 1.82) is 0 Å². The Labute approximate surface area is 114 Å². The number of aryl methyl sites for hydroxylation is 2. The van der Waals surface area contributed by atoms with Crippen LogP contribution in [0.4, 0.5) is 0 Å². The molecule has 1 aromatic carbocycles. The van der Waals surface area contributed by atoms with Gasteiger partial charge in [0.2, 0.25) is 5.88 Å². The second-order valence-corrected chi connectivity index (χ2v) is 4.94. The molecule has 1 N–H and O–H groups in total. The average molecular weight is 258 g/mol. The monoisotopic (exact) mass is 258 g/mol. The number of nitrogens with zero attached hydrogens (tertiary/aromatic N) is 2. The molecule has 3 heteroatoms. The van der Waals surface area contributed by atoms with Crippen molar-refractivity contribution < 1.29 is 5.11 Å². The first-order valence-electron chi connectivity index (χ1n) is 7.03. The molecule has 0 atom stereocenters. The maximum Gasteiger partial charge on any atom is 0.213 e. The van der Waals surface area contributed by atoms with Gasteiger partial charge in [0.25, 0.3) is 0 Å². The van der Waals surface area contributed by atoms with Crippen molar-refractivity contribution in [3.8, 4) is 17.1 Å². The molecule has 0 saturated heterocycles. The van der Waals surface area contributed by atoms with Gasteiger partial charge >= 0.3 is 0 Å². The first kappa shape index (κ1) is 13.7. The molecule has 2 rings (SSSR count). The van der Waals surface area contributed by atoms with Gasteiger partial charge in [-0.3, -0.25) is 0 Å². The second kappa shape index (κ2) is 5.91. The lowest BCUT2D eigenvalue weighted by atomic mass is 10.0. The average Bonchev–Trinajstić information content (AvgIpc) is 2.74. The first-order valence-corrected chi connectivity index (χ1v) is 7.03. The topological polar surface area (TPSA) is 38.0 Å². The summed E-state index contributed by atoms with van der Waals surface area (Å²) in [6, 6.07) is 8.32. The highest BCUT2D eigenvalue weighted by atomic mass is 16.3. The van der Waals surface area contributed by atoms with E-state index in [0.717, 1.165) is 36.1 Å². The van der Waals surface area contributed by atoms with E-state index in [1.54, 1.807) is 4.68 Å². The third kappa shape index (κ3) is 2.80. The van der Waals surface area contributed by atoms with Crippen LogP contribution < -0.4 is 0 Å². The fraction of sp³-hybridized carbons (Fsp3) is 0.438. The number of rotatable bonds is 5. The summed E-state index contributed by atoms with van der Waals surface area (Å²) in [5.41, 5.74) is 4.22. The molecule has 0 radical (unpaired) electrons. The number of benzene rings is 1. The lowest BCUT2D eigenvalue weighted by Crippen LogP contribution is -1.95. The molecule has 0 aliphatic rings. The van der Waals surface area contributed by atoms with Gasteiger partial charge in [0.1, 0.15) is 0 Å². The van der Waals surface area contributed by atoms with E-state index in [2.05, 4.69) is 43.2 Å². The van der Waals surface area contributed by atoms with Crippen molar-refractivity contribution in [2.75, 3.05) is 0 Å². The third-order valence-electron chi connectivity index (χ3n) is 3.43. The van der Waals surface area contributed by atoms with E-state index < -0.39 is 0 Å². The van der Waals surface area contributed by atoms with Crippen LogP contribution in [0.1, 0.15) is 37.8 Å². The molecule has 0 saturated carbocycles. The Morgan fingerprint density at radius 1 is 1.16 bits per heavy atom. The maximum absolute atomic E-state index is 10.3. The molecule has 0 fully saturated rings. The van der Waals surface area contributed by atoms with Gasteiger partial charge in [0, 0.05) is 17.7 Å². The smallest absolute Gasteiger partial charge is 0.213 e. The van der Waals surface area contributed by atoms with Crippen LogP contribution >= 0.6 is 0 Å². The standard InChI is InChI=1S/C16H22N2O/c1-4-6-7-14-15(17-18(5-2)16(14)19)13-10-8-12(3)9-11-13/h8-11,19H,4-7H2,1-3H3. The highest BCUT2D eigenvalue weighted by Crippen LogP contribution is 2.31. The quantitative estimate of drug-likeness (QED) is 0.882. The van der Waals surface area contributed by atoms with Gasteiger partial charge in [-0.2, -0.15) is 5.10 Å². The van der Waals surface area contributed by atoms with Gasteiger partial charge in [0.05, 0.1) is 5.69 Å². The van der Waals surface area contributed by atoms with Gasteiger partial charge in [-0.25, -0.2) is 4.68 Å². The second-order valence-electron chi connectivity index (χ2n) is 4.94. The Morgan fingerprint density at radius 3 is 2.42 bits per heavy atom. The molecule has 0 spiro atoms. The Balaban J connectivity index is 2.45. The summed E-state index contributed by atoms with van der Waals surface area (Å²) >= 11 is 0. The number of hydrogen-bond acceptors (Lipinski definition) is 2. The Morgan fingerprint density at radius 2 is 1.84 bits per heavy atom. The van der Waals surface area contributed by atoms with Crippen molar-refractivity contribution in [2.45, 2.75) is 46.6 Å². The fourth-order valence-electron chi connectivity index (χ4n) is 2.24. The summed E-state index contributed by atoms with van der Waals surface area (Å²) < 4.78 is 1.68. The normalized spacial score (nSPS) is 10.9. The van der Waals surface area contributed by atoms with Crippen molar-refractivity contribution in [1.82, 2.24) is 9.78 Å². The molecule has 102 valence electrons. The molecule has 0 amide bonds. The Hall–Kier alpha value is -1.77. The fourth-order valence-corrected chi connectivity index (χ4v) is 2.24. The summed E-state index contributed by atoms with van der Waals surface area (Å²) in [6.07, 6.45) is 3.07. The van der Waals surface area contributed by atoms with Crippen molar-refractivity contribution in [3.05, 3.63) is 35.4 Å². The molecule has 0 aliphatic carbocycles. The molecule has 19 heavy (non-hydrogen) atoms. The predicted molar refractivity (Wildman–Crippen MR) is 78.4 cm³/mol. The van der Waals surface area contributed by atoms with Gasteiger partial charge in [-0.1, -0.05) is 43.2 Å². The lowest BCUT2D eigenvalue weighted by molar-refractivity contribution is 0.400. The zero-order valence-electron chi connectivity index (χ0n) is 12.0. The minimum Gasteiger partial charge on any atom is -0.493 e. The Kier molecular flexibility index (Phi) is 4.25. The minimum atomic E-state index is 0.325. The summed E-state index contributed by atoms with van der Waals surface area (Å²) in [4.78, 5) is 0. The van der Waals surface area contributed by atoms with E-state index in [0.29, 0.717) is 12.4 Å². The summed E-state index contributed by atoms with van der Waals surface area (Å²) in [7, 11) is 0. The molecule has 1 heterocycles. The molecular formula is C16H22N2O. The molecule has 3 nitrogen and oxygen atoms in total. The summed E-state index contributed by atoms with van der Waals surface area (Å²) in [5.74, 6) is 0.325. The van der Waals surface area contributed by atoms with Crippen LogP contribution in [-0.2, 0) is 13.0 Å². The van der Waals surface area contributed by atoms with Crippen LogP contribution in [0.2, 0.25) is 0 Å². The molecule has 0 bridgehead atoms. The van der Waals surface area contributed by atoms with Gasteiger partial charge in [-0.05, 0) is 26.7 Å². The van der Waals surface area contributed by atoms with Crippen LogP contribution in [-0.4, -0.2) is 14.9 Å². The molecule has 0 aliphatic heterocycles. The summed E-state index contributed by atoms with van der Waals surface area (Å²) in [5, 5.41) is 14.8. The summed E-state index contributed by atoms with van der Waals surface area (Å²) in [6.45, 7) is 6.92. The SMILES string of the molecule is CCCCc1c(-c2ccc(C)cc2)nn(CC)c1O. The van der Waals surface area contributed by atoms with Crippen molar-refractivity contribution in [3.63, 3.8) is 0 Å². The van der Waals surface area contributed by atoms with Crippen molar-refractivity contribution >= 4 is 0 Å². The highest BCUT2D eigenvalue weighted by molar-refractivity contribution is 5.65. The lowest BCUT2D eigenvalue weighted by Gasteiger charge is -2.03. The first-order chi connectivity index (χ1) is 9.17. The number of aromatic nitrogens is 2. The number of unbranched alkanes of at least 4 members (excludes halogenated alkanes) is 1. The maximum atomic E-state index is 10.3. The minimum absolute atomic E-state index is 0.325. The third-order valence-corrected chi connectivity index (χ3v) is 3.43. The van der Waals surface area contributed by atoms with E-state index in [9.17, 15) is 5.11 Å². The van der Waals surface area contributed by atoms with Crippen LogP contribution in [0.15, 0.2) is 24.3 Å². The highest BCUT2D eigenvalue weighted by Gasteiger charge is 2.17. The van der Waals surface area contributed by atoms with Crippen LogP contribution in [0.3, 0.4) is 0 Å². The zero-order chi connectivity index (χ0) is 13.8. The van der Waals surface area contributed by atoms with E-state index in [4.69, 9.17) is 0 Å². The Bertz CT molecular complexity index is 541. The van der Waals surface area contributed by atoms with E-state index in [1.165, 1.54) is 5.56 Å². The molecular weight excluding hydrogens is 236 g/mol. The van der Waals surface area contributed by atoms with Crippen LogP contribution in [0, 0.1) is 6.92 Å². The molecule has 2 aromatic rings. The van der Waals surface area contributed by atoms with Gasteiger partial charge < -0.3 is 5.11 Å². The van der Waals surface area contributed by atoms with Gasteiger partial charge in [0.15, 0.2) is 0 Å². The van der Waals surface area contributed by atoms with Gasteiger partial charge in [-0.15, -0.1) is 0 Å². The zero-order valence-corrected chi connectivity index (χ0v) is 12.0. The molecule has 1 aromatic heterocycles. The number of aromatic hydroxyl groups is 1. The van der Waals surface area contributed by atoms with E-state index in [1.807, 2.05) is 6.92 Å². The van der Waals surface area contributed by atoms with Crippen molar-refractivity contribution in [2.24, 2.45) is 0 Å².